The summed E-state index contributed by atoms with van der Waals surface area (Å²) in [5.74, 6) is 0.388. The zero-order valence-electron chi connectivity index (χ0n) is 17.2. The molecule has 1 aliphatic carbocycles. The van der Waals surface area contributed by atoms with Gasteiger partial charge >= 0.3 is 5.69 Å². The number of hydrogen-bond donors (Lipinski definition) is 2. The van der Waals surface area contributed by atoms with E-state index >= 15 is 0 Å². The summed E-state index contributed by atoms with van der Waals surface area (Å²) in [5.41, 5.74) is 2.10. The van der Waals surface area contributed by atoms with Gasteiger partial charge in [0.15, 0.2) is 0 Å². The van der Waals surface area contributed by atoms with E-state index in [0.29, 0.717) is 17.2 Å². The van der Waals surface area contributed by atoms with Gasteiger partial charge in [0.1, 0.15) is 17.3 Å². The number of aromatic amines is 1. The quantitative estimate of drug-likeness (QED) is 0.469. The second-order valence-corrected chi connectivity index (χ2v) is 7.74. The van der Waals surface area contributed by atoms with Crippen molar-refractivity contribution in [2.75, 3.05) is 6.54 Å². The number of halogens is 1. The molecule has 2 N–H and O–H groups in total. The zero-order chi connectivity index (χ0) is 22.1. The minimum Gasteiger partial charge on any atom is -0.349 e. The largest absolute Gasteiger partial charge is 0.350 e. The van der Waals surface area contributed by atoms with Crippen LogP contribution in [0.2, 0.25) is 0 Å². The maximum Gasteiger partial charge on any atom is 0.350 e. The van der Waals surface area contributed by atoms with E-state index in [9.17, 15) is 14.0 Å². The van der Waals surface area contributed by atoms with E-state index < -0.39 is 0 Å². The van der Waals surface area contributed by atoms with Crippen LogP contribution in [0.3, 0.4) is 0 Å². The summed E-state index contributed by atoms with van der Waals surface area (Å²) < 4.78 is 16.1. The second-order valence-electron chi connectivity index (χ2n) is 7.74. The molecule has 4 aromatic rings. The molecule has 2 heterocycles. The molecule has 1 fully saturated rings. The number of para-hydroxylation sites is 1. The summed E-state index contributed by atoms with van der Waals surface area (Å²) in [6, 6.07) is 16.9. The molecular weight excluding hydrogens is 411 g/mol. The lowest BCUT2D eigenvalue weighted by Crippen LogP contribution is -2.32. The van der Waals surface area contributed by atoms with Gasteiger partial charge in [0.05, 0.1) is 17.9 Å². The molecule has 0 unspecified atom stereocenters. The lowest BCUT2D eigenvalue weighted by Gasteiger charge is -2.04. The third-order valence-electron chi connectivity index (χ3n) is 5.39. The van der Waals surface area contributed by atoms with Crippen LogP contribution in [-0.4, -0.2) is 37.0 Å². The molecule has 0 spiro atoms. The van der Waals surface area contributed by atoms with Gasteiger partial charge in [-0.2, -0.15) is 10.2 Å². The highest BCUT2D eigenvalue weighted by atomic mass is 19.1. The number of H-pyrrole nitrogens is 1. The monoisotopic (exact) mass is 432 g/mol. The number of carbonyl (C=O) groups excluding carboxylic acids is 1. The van der Waals surface area contributed by atoms with Gasteiger partial charge in [0.25, 0.3) is 5.91 Å². The first-order chi connectivity index (χ1) is 15.6. The molecule has 8 nitrogen and oxygen atoms in total. The van der Waals surface area contributed by atoms with E-state index in [1.165, 1.54) is 16.8 Å². The van der Waals surface area contributed by atoms with E-state index in [1.807, 2.05) is 30.3 Å². The van der Waals surface area contributed by atoms with Gasteiger partial charge in [0.2, 0.25) is 0 Å². The van der Waals surface area contributed by atoms with Gasteiger partial charge in [-0.05, 0) is 55.3 Å². The van der Waals surface area contributed by atoms with Gasteiger partial charge in [0, 0.05) is 18.0 Å². The molecule has 1 saturated carbocycles. The topological polar surface area (TPSA) is 97.6 Å². The number of nitrogens with zero attached hydrogens (tertiary/aromatic N) is 4. The molecule has 0 radical (unpaired) electrons. The Morgan fingerprint density at radius 2 is 1.88 bits per heavy atom. The normalized spacial score (nSPS) is 13.3. The molecule has 1 aliphatic rings. The van der Waals surface area contributed by atoms with Crippen molar-refractivity contribution in [2.45, 2.75) is 25.3 Å². The van der Waals surface area contributed by atoms with Gasteiger partial charge in [-0.15, -0.1) is 0 Å². The number of hydrogen-bond acceptors (Lipinski definition) is 4. The molecule has 162 valence electrons. The third-order valence-corrected chi connectivity index (χ3v) is 5.39. The van der Waals surface area contributed by atoms with Crippen molar-refractivity contribution >= 4 is 5.91 Å². The second kappa shape index (κ2) is 8.26. The molecule has 32 heavy (non-hydrogen) atoms. The Morgan fingerprint density at radius 3 is 2.59 bits per heavy atom. The number of aromatic nitrogens is 5. The number of rotatable bonds is 7. The summed E-state index contributed by atoms with van der Waals surface area (Å²) in [4.78, 5) is 25.4. The summed E-state index contributed by atoms with van der Waals surface area (Å²) in [6.45, 7) is 0.489. The van der Waals surface area contributed by atoms with Gasteiger partial charge in [-0.25, -0.2) is 18.4 Å². The lowest BCUT2D eigenvalue weighted by molar-refractivity contribution is 0.0946. The van der Waals surface area contributed by atoms with Crippen molar-refractivity contribution in [3.05, 3.63) is 88.5 Å². The Kier molecular flexibility index (Phi) is 5.14. The molecule has 0 aliphatic heterocycles. The molecule has 0 bridgehead atoms. The highest BCUT2D eigenvalue weighted by Crippen LogP contribution is 2.39. The molecule has 0 atom stereocenters. The summed E-state index contributed by atoms with van der Waals surface area (Å²) in [5, 5.41) is 14.1. The van der Waals surface area contributed by atoms with E-state index in [2.05, 4.69) is 20.6 Å². The Bertz CT molecular complexity index is 1300. The average Bonchev–Trinajstić information content (AvgIpc) is 3.44. The number of amides is 1. The van der Waals surface area contributed by atoms with E-state index in [-0.39, 0.29) is 36.2 Å². The standard InChI is InChI=1S/C23H21FN6O2/c24-17-10-8-15(9-11-17)19-14-20(27-26-19)22(31)25-12-13-29-23(32)30(18-4-2-1-3-5-18)21(28-29)16-6-7-16/h1-5,8-11,14,16H,6-7,12-13H2,(H,25,31)(H,26,27). The van der Waals surface area contributed by atoms with Crippen LogP contribution in [0, 0.1) is 5.82 Å². The predicted octanol–water partition coefficient (Wildman–Crippen LogP) is 2.87. The van der Waals surface area contributed by atoms with Gasteiger partial charge in [-0.3, -0.25) is 9.89 Å². The van der Waals surface area contributed by atoms with Crippen LogP contribution in [0.15, 0.2) is 65.5 Å². The average molecular weight is 432 g/mol. The van der Waals surface area contributed by atoms with Crippen molar-refractivity contribution in [1.29, 1.82) is 0 Å². The molecule has 2 aromatic carbocycles. The minimum atomic E-state index is -0.344. The highest BCUT2D eigenvalue weighted by Gasteiger charge is 2.31. The predicted molar refractivity (Wildman–Crippen MR) is 116 cm³/mol. The fourth-order valence-electron chi connectivity index (χ4n) is 3.57. The van der Waals surface area contributed by atoms with Crippen LogP contribution in [0.5, 0.6) is 0 Å². The SMILES string of the molecule is O=C(NCCn1nc(C2CC2)n(-c2ccccc2)c1=O)c1cc(-c2ccc(F)cc2)n[nH]1. The van der Waals surface area contributed by atoms with Crippen LogP contribution < -0.4 is 11.0 Å². The fourth-order valence-corrected chi connectivity index (χ4v) is 3.57. The van der Waals surface area contributed by atoms with Crippen molar-refractivity contribution in [3.8, 4) is 16.9 Å². The summed E-state index contributed by atoms with van der Waals surface area (Å²) in [7, 11) is 0. The first-order valence-electron chi connectivity index (χ1n) is 10.4. The van der Waals surface area contributed by atoms with Crippen molar-refractivity contribution in [3.63, 3.8) is 0 Å². The first kappa shape index (κ1) is 19.9. The molecule has 1 amide bonds. The number of benzene rings is 2. The zero-order valence-corrected chi connectivity index (χ0v) is 17.2. The van der Waals surface area contributed by atoms with Crippen LogP contribution in [0.4, 0.5) is 4.39 Å². The Morgan fingerprint density at radius 1 is 1.12 bits per heavy atom. The maximum atomic E-state index is 13.1. The molecule has 0 saturated heterocycles. The molecular formula is C23H21FN6O2. The maximum absolute atomic E-state index is 13.1. The van der Waals surface area contributed by atoms with E-state index in [0.717, 1.165) is 24.4 Å². The Labute approximate surface area is 182 Å². The summed E-state index contributed by atoms with van der Waals surface area (Å²) in [6.07, 6.45) is 2.05. The van der Waals surface area contributed by atoms with E-state index in [4.69, 9.17) is 0 Å². The van der Waals surface area contributed by atoms with Crippen molar-refractivity contribution in [1.82, 2.24) is 29.9 Å². The first-order valence-corrected chi connectivity index (χ1v) is 10.4. The minimum absolute atomic E-state index is 0.215. The van der Waals surface area contributed by atoms with Crippen LogP contribution >= 0.6 is 0 Å². The molecule has 9 heteroatoms. The van der Waals surface area contributed by atoms with Crippen molar-refractivity contribution < 1.29 is 9.18 Å². The molecule has 5 rings (SSSR count). The fraction of sp³-hybridized carbons (Fsp3) is 0.217. The summed E-state index contributed by atoms with van der Waals surface area (Å²) >= 11 is 0. The Hall–Kier alpha value is -4.01. The van der Waals surface area contributed by atoms with E-state index in [1.54, 1.807) is 22.8 Å². The Balaban J connectivity index is 1.26. The highest BCUT2D eigenvalue weighted by molar-refractivity contribution is 5.93. The van der Waals surface area contributed by atoms with Crippen LogP contribution in [-0.2, 0) is 6.54 Å². The van der Waals surface area contributed by atoms with Crippen molar-refractivity contribution in [2.24, 2.45) is 0 Å². The third kappa shape index (κ3) is 3.96. The van der Waals surface area contributed by atoms with Crippen LogP contribution in [0.1, 0.15) is 35.1 Å². The molecule has 2 aromatic heterocycles. The van der Waals surface area contributed by atoms with Crippen LogP contribution in [0.25, 0.3) is 16.9 Å². The smallest absolute Gasteiger partial charge is 0.349 e. The lowest BCUT2D eigenvalue weighted by atomic mass is 10.1. The van der Waals surface area contributed by atoms with Gasteiger partial charge in [-0.1, -0.05) is 18.2 Å². The van der Waals surface area contributed by atoms with Gasteiger partial charge < -0.3 is 5.32 Å². The number of carbonyl (C=O) groups is 1. The number of nitrogens with one attached hydrogen (secondary N) is 2.